The molecule has 0 aliphatic carbocycles. The summed E-state index contributed by atoms with van der Waals surface area (Å²) in [5.74, 6) is 1.36. The molecule has 0 fully saturated rings. The van der Waals surface area contributed by atoms with Crippen molar-refractivity contribution in [1.82, 2.24) is 4.98 Å². The molecule has 1 amide bonds. The van der Waals surface area contributed by atoms with Crippen LogP contribution < -0.4 is 9.64 Å². The molecular formula is C21H16N2O2S2. The zero-order valence-corrected chi connectivity index (χ0v) is 16.2. The number of hydrogen-bond donors (Lipinski definition) is 0. The number of hydrogen-bond acceptors (Lipinski definition) is 5. The highest BCUT2D eigenvalue weighted by Gasteiger charge is 2.17. The number of nitrogens with zero attached hydrogens (tertiary/aromatic N) is 2. The van der Waals surface area contributed by atoms with E-state index < -0.39 is 0 Å². The summed E-state index contributed by atoms with van der Waals surface area (Å²) in [6, 6.07) is 19.0. The average Bonchev–Trinajstić information content (AvgIpc) is 3.40. The SMILES string of the molecule is CN(C(=O)c1csc(-c2ccsc2)n1)c1ccc(Oc2ccccc2)cc1. The highest BCUT2D eigenvalue weighted by atomic mass is 32.1. The van der Waals surface area contributed by atoms with E-state index >= 15 is 0 Å². The number of amides is 1. The van der Waals surface area contributed by atoms with Crippen molar-refractivity contribution in [3.8, 4) is 22.1 Å². The quantitative estimate of drug-likeness (QED) is 0.422. The second-order valence-corrected chi connectivity index (χ2v) is 7.46. The molecule has 6 heteroatoms. The van der Waals surface area contributed by atoms with Gasteiger partial charge in [0, 0.05) is 29.1 Å². The predicted octanol–water partition coefficient (Wildman–Crippen LogP) is 5.94. The molecular weight excluding hydrogens is 376 g/mol. The molecule has 0 radical (unpaired) electrons. The summed E-state index contributed by atoms with van der Waals surface area (Å²) in [6.45, 7) is 0. The lowest BCUT2D eigenvalue weighted by Crippen LogP contribution is -2.26. The molecule has 4 nitrogen and oxygen atoms in total. The monoisotopic (exact) mass is 392 g/mol. The van der Waals surface area contributed by atoms with Crippen LogP contribution in [0.3, 0.4) is 0 Å². The second-order valence-electron chi connectivity index (χ2n) is 5.82. The van der Waals surface area contributed by atoms with Gasteiger partial charge in [0.1, 0.15) is 22.2 Å². The number of anilines is 1. The van der Waals surface area contributed by atoms with Gasteiger partial charge < -0.3 is 9.64 Å². The lowest BCUT2D eigenvalue weighted by molar-refractivity contribution is 0.0989. The second kappa shape index (κ2) is 7.73. The summed E-state index contributed by atoms with van der Waals surface area (Å²) < 4.78 is 5.79. The fourth-order valence-electron chi connectivity index (χ4n) is 2.54. The van der Waals surface area contributed by atoms with E-state index in [4.69, 9.17) is 4.74 Å². The third-order valence-electron chi connectivity index (χ3n) is 4.00. The molecule has 2 aromatic heterocycles. The Balaban J connectivity index is 1.47. The van der Waals surface area contributed by atoms with E-state index in [0.717, 1.165) is 27.8 Å². The number of carbonyl (C=O) groups is 1. The third kappa shape index (κ3) is 3.92. The largest absolute Gasteiger partial charge is 0.457 e. The van der Waals surface area contributed by atoms with Gasteiger partial charge >= 0.3 is 0 Å². The first kappa shape index (κ1) is 17.5. The number of ether oxygens (including phenoxy) is 1. The smallest absolute Gasteiger partial charge is 0.277 e. The van der Waals surface area contributed by atoms with Crippen LogP contribution in [0.2, 0.25) is 0 Å². The van der Waals surface area contributed by atoms with Gasteiger partial charge in [-0.25, -0.2) is 4.98 Å². The Labute approximate surface area is 165 Å². The molecule has 0 saturated heterocycles. The maximum atomic E-state index is 12.7. The molecule has 0 spiro atoms. The zero-order valence-electron chi connectivity index (χ0n) is 14.5. The highest BCUT2D eigenvalue weighted by molar-refractivity contribution is 7.14. The molecule has 134 valence electrons. The van der Waals surface area contributed by atoms with Gasteiger partial charge in [-0.3, -0.25) is 4.79 Å². The van der Waals surface area contributed by atoms with E-state index in [-0.39, 0.29) is 5.91 Å². The lowest BCUT2D eigenvalue weighted by Gasteiger charge is -2.16. The number of benzene rings is 2. The number of carbonyl (C=O) groups excluding carboxylic acids is 1. The molecule has 0 saturated carbocycles. The van der Waals surface area contributed by atoms with Crippen molar-refractivity contribution in [2.24, 2.45) is 0 Å². The van der Waals surface area contributed by atoms with Crippen LogP contribution in [0, 0.1) is 0 Å². The minimum absolute atomic E-state index is 0.135. The van der Waals surface area contributed by atoms with E-state index in [1.165, 1.54) is 11.3 Å². The Bertz CT molecular complexity index is 1030. The van der Waals surface area contributed by atoms with Crippen molar-refractivity contribution in [3.05, 3.63) is 82.5 Å². The van der Waals surface area contributed by atoms with Crippen LogP contribution in [-0.2, 0) is 0 Å². The van der Waals surface area contributed by atoms with Crippen LogP contribution in [0.5, 0.6) is 11.5 Å². The van der Waals surface area contributed by atoms with Gasteiger partial charge in [0.15, 0.2) is 0 Å². The maximum absolute atomic E-state index is 12.7. The topological polar surface area (TPSA) is 42.4 Å². The number of aromatic nitrogens is 1. The number of thiazole rings is 1. The molecule has 4 aromatic rings. The average molecular weight is 393 g/mol. The van der Waals surface area contributed by atoms with Crippen molar-refractivity contribution in [2.45, 2.75) is 0 Å². The van der Waals surface area contributed by atoms with Crippen LogP contribution in [0.25, 0.3) is 10.6 Å². The van der Waals surface area contributed by atoms with Crippen molar-refractivity contribution < 1.29 is 9.53 Å². The van der Waals surface area contributed by atoms with Gasteiger partial charge in [-0.05, 0) is 47.8 Å². The van der Waals surface area contributed by atoms with Crippen molar-refractivity contribution >= 4 is 34.3 Å². The van der Waals surface area contributed by atoms with Crippen molar-refractivity contribution in [1.29, 1.82) is 0 Å². The standard InChI is InChI=1S/C21H16N2O2S2/c1-23(21(24)19-14-27-20(22-19)15-11-12-26-13-15)16-7-9-18(10-8-16)25-17-5-3-2-4-6-17/h2-14H,1H3. The van der Waals surface area contributed by atoms with Gasteiger partial charge in [0.25, 0.3) is 5.91 Å². The van der Waals surface area contributed by atoms with Crippen LogP contribution in [0.15, 0.2) is 76.8 Å². The lowest BCUT2D eigenvalue weighted by atomic mass is 10.2. The molecule has 0 bridgehead atoms. The van der Waals surface area contributed by atoms with Gasteiger partial charge in [-0.15, -0.1) is 11.3 Å². The molecule has 0 aliphatic rings. The summed E-state index contributed by atoms with van der Waals surface area (Å²) in [7, 11) is 1.75. The molecule has 4 rings (SSSR count). The minimum Gasteiger partial charge on any atom is -0.457 e. The number of rotatable bonds is 5. The fourth-order valence-corrected chi connectivity index (χ4v) is 4.05. The first-order valence-corrected chi connectivity index (χ1v) is 10.1. The minimum atomic E-state index is -0.135. The van der Waals surface area contributed by atoms with Crippen LogP contribution in [0.1, 0.15) is 10.5 Å². The van der Waals surface area contributed by atoms with E-state index in [1.54, 1.807) is 28.7 Å². The Morgan fingerprint density at radius 2 is 1.70 bits per heavy atom. The van der Waals surface area contributed by atoms with Crippen LogP contribution >= 0.6 is 22.7 Å². The number of para-hydroxylation sites is 1. The van der Waals surface area contributed by atoms with Crippen LogP contribution in [0.4, 0.5) is 5.69 Å². The van der Waals surface area contributed by atoms with E-state index in [2.05, 4.69) is 4.98 Å². The fraction of sp³-hybridized carbons (Fsp3) is 0.0476. The number of thiophene rings is 1. The molecule has 0 aliphatic heterocycles. The normalized spacial score (nSPS) is 10.6. The molecule has 27 heavy (non-hydrogen) atoms. The first-order chi connectivity index (χ1) is 13.2. The van der Waals surface area contributed by atoms with Gasteiger partial charge in [0.05, 0.1) is 0 Å². The van der Waals surface area contributed by atoms with E-state index in [0.29, 0.717) is 5.69 Å². The predicted molar refractivity (Wildman–Crippen MR) is 111 cm³/mol. The third-order valence-corrected chi connectivity index (χ3v) is 5.57. The summed E-state index contributed by atoms with van der Waals surface area (Å²) in [6.07, 6.45) is 0. The van der Waals surface area contributed by atoms with Crippen molar-refractivity contribution in [2.75, 3.05) is 11.9 Å². The van der Waals surface area contributed by atoms with Crippen LogP contribution in [-0.4, -0.2) is 17.9 Å². The Kier molecular flexibility index (Phi) is 5.00. The highest BCUT2D eigenvalue weighted by Crippen LogP contribution is 2.28. The molecule has 0 unspecified atom stereocenters. The van der Waals surface area contributed by atoms with E-state index in [1.807, 2.05) is 71.4 Å². The Hall–Kier alpha value is -2.96. The molecule has 0 N–H and O–H groups in total. The van der Waals surface area contributed by atoms with Crippen molar-refractivity contribution in [3.63, 3.8) is 0 Å². The summed E-state index contributed by atoms with van der Waals surface area (Å²) in [5, 5.41) is 6.70. The van der Waals surface area contributed by atoms with E-state index in [9.17, 15) is 4.79 Å². The zero-order chi connectivity index (χ0) is 18.6. The van der Waals surface area contributed by atoms with Gasteiger partial charge in [0.2, 0.25) is 0 Å². The summed E-state index contributed by atoms with van der Waals surface area (Å²) in [4.78, 5) is 18.8. The Morgan fingerprint density at radius 1 is 0.963 bits per heavy atom. The van der Waals surface area contributed by atoms with Gasteiger partial charge in [-0.1, -0.05) is 18.2 Å². The molecule has 0 atom stereocenters. The maximum Gasteiger partial charge on any atom is 0.277 e. The summed E-state index contributed by atoms with van der Waals surface area (Å²) in [5.41, 5.74) is 2.29. The summed E-state index contributed by atoms with van der Waals surface area (Å²) >= 11 is 3.10. The van der Waals surface area contributed by atoms with Gasteiger partial charge in [-0.2, -0.15) is 11.3 Å². The Morgan fingerprint density at radius 3 is 2.41 bits per heavy atom. The molecule has 2 heterocycles. The molecule has 2 aromatic carbocycles. The first-order valence-electron chi connectivity index (χ1n) is 8.30.